The quantitative estimate of drug-likeness (QED) is 0.942. The van der Waals surface area contributed by atoms with E-state index in [0.29, 0.717) is 6.61 Å². The molecule has 0 radical (unpaired) electrons. The largest absolute Gasteiger partial charge is 0.353 e. The second-order valence-corrected chi connectivity index (χ2v) is 6.09. The minimum atomic E-state index is -0.235. The van der Waals surface area contributed by atoms with E-state index in [9.17, 15) is 4.79 Å². The summed E-state index contributed by atoms with van der Waals surface area (Å²) in [5, 5.41) is 3.10. The van der Waals surface area contributed by atoms with E-state index in [2.05, 4.69) is 23.5 Å². The van der Waals surface area contributed by atoms with Gasteiger partial charge in [-0.3, -0.25) is 4.79 Å². The highest BCUT2D eigenvalue weighted by Crippen LogP contribution is 2.43. The van der Waals surface area contributed by atoms with Crippen molar-refractivity contribution in [3.63, 3.8) is 0 Å². The van der Waals surface area contributed by atoms with E-state index in [1.165, 1.54) is 11.1 Å². The standard InChI is InChI=1S/C19H19NO2/c21-18-16-10-11-17(15-9-5-4-8-14(15)16)19(20-18)22-12-13-6-2-1-3-7-13/h1-9,16-17,19H,10-12H2,(H,20,21)/t16-,17-,19+/m0/s1. The maximum absolute atomic E-state index is 12.5. The smallest absolute Gasteiger partial charge is 0.229 e. The number of carbonyl (C=O) groups is 1. The average Bonchev–Trinajstić information content (AvgIpc) is 2.80. The van der Waals surface area contributed by atoms with Gasteiger partial charge in [-0.15, -0.1) is 0 Å². The molecule has 3 atom stereocenters. The Balaban J connectivity index is 1.60. The van der Waals surface area contributed by atoms with Crippen LogP contribution < -0.4 is 5.32 Å². The molecule has 1 saturated heterocycles. The van der Waals surface area contributed by atoms with Gasteiger partial charge in [-0.05, 0) is 29.5 Å². The first-order valence-corrected chi connectivity index (χ1v) is 7.87. The van der Waals surface area contributed by atoms with Crippen molar-refractivity contribution in [3.8, 4) is 0 Å². The van der Waals surface area contributed by atoms with Crippen LogP contribution in [0.1, 0.15) is 41.4 Å². The lowest BCUT2D eigenvalue weighted by atomic mass is 9.77. The zero-order valence-corrected chi connectivity index (χ0v) is 12.4. The van der Waals surface area contributed by atoms with Crippen LogP contribution in [-0.4, -0.2) is 12.1 Å². The molecule has 2 heterocycles. The highest BCUT2D eigenvalue weighted by molar-refractivity contribution is 5.85. The third-order valence-corrected chi connectivity index (χ3v) is 4.78. The van der Waals surface area contributed by atoms with Crippen LogP contribution >= 0.6 is 0 Å². The van der Waals surface area contributed by atoms with Gasteiger partial charge in [0.2, 0.25) is 5.91 Å². The molecule has 1 aliphatic carbocycles. The molecule has 1 amide bonds. The highest BCUT2D eigenvalue weighted by Gasteiger charge is 2.40. The number of carbonyl (C=O) groups excluding carboxylic acids is 1. The molecule has 2 aliphatic heterocycles. The van der Waals surface area contributed by atoms with E-state index in [4.69, 9.17) is 4.74 Å². The van der Waals surface area contributed by atoms with Gasteiger partial charge in [-0.2, -0.15) is 0 Å². The van der Waals surface area contributed by atoms with Crippen molar-refractivity contribution in [1.29, 1.82) is 0 Å². The van der Waals surface area contributed by atoms with Gasteiger partial charge in [-0.25, -0.2) is 0 Å². The van der Waals surface area contributed by atoms with Gasteiger partial charge in [0.1, 0.15) is 6.23 Å². The van der Waals surface area contributed by atoms with Crippen LogP contribution in [0, 0.1) is 0 Å². The fraction of sp³-hybridized carbons (Fsp3) is 0.316. The van der Waals surface area contributed by atoms with E-state index in [0.717, 1.165) is 18.4 Å². The zero-order chi connectivity index (χ0) is 14.9. The van der Waals surface area contributed by atoms with Gasteiger partial charge in [0.25, 0.3) is 0 Å². The van der Waals surface area contributed by atoms with Crippen molar-refractivity contribution in [1.82, 2.24) is 5.32 Å². The third kappa shape index (κ3) is 2.32. The lowest BCUT2D eigenvalue weighted by Crippen LogP contribution is -2.38. The van der Waals surface area contributed by atoms with Crippen LogP contribution in [0.3, 0.4) is 0 Å². The Bertz CT molecular complexity index is 683. The monoisotopic (exact) mass is 293 g/mol. The number of nitrogens with one attached hydrogen (secondary N) is 1. The van der Waals surface area contributed by atoms with Gasteiger partial charge in [-0.1, -0.05) is 54.6 Å². The number of amides is 1. The number of ether oxygens (including phenoxy) is 1. The van der Waals surface area contributed by atoms with Crippen LogP contribution in [0.15, 0.2) is 54.6 Å². The van der Waals surface area contributed by atoms with Gasteiger partial charge in [0.05, 0.1) is 12.5 Å². The van der Waals surface area contributed by atoms with E-state index < -0.39 is 0 Å². The van der Waals surface area contributed by atoms with Crippen LogP contribution in [-0.2, 0) is 16.1 Å². The van der Waals surface area contributed by atoms with Crippen molar-refractivity contribution in [3.05, 3.63) is 71.3 Å². The summed E-state index contributed by atoms with van der Waals surface area (Å²) in [6, 6.07) is 18.4. The average molecular weight is 293 g/mol. The summed E-state index contributed by atoms with van der Waals surface area (Å²) in [5.41, 5.74) is 3.58. The molecule has 1 fully saturated rings. The molecule has 0 aromatic heterocycles. The van der Waals surface area contributed by atoms with Crippen molar-refractivity contribution in [2.45, 2.75) is 37.5 Å². The summed E-state index contributed by atoms with van der Waals surface area (Å²) in [6.07, 6.45) is 1.68. The molecule has 3 aliphatic rings. The van der Waals surface area contributed by atoms with E-state index >= 15 is 0 Å². The molecule has 112 valence electrons. The summed E-state index contributed by atoms with van der Waals surface area (Å²) < 4.78 is 6.07. The van der Waals surface area contributed by atoms with Gasteiger partial charge < -0.3 is 10.1 Å². The van der Waals surface area contributed by atoms with E-state index in [1.54, 1.807) is 0 Å². The van der Waals surface area contributed by atoms with Gasteiger partial charge in [0, 0.05) is 5.92 Å². The number of hydrogen-bond acceptors (Lipinski definition) is 2. The Morgan fingerprint density at radius 1 is 0.955 bits per heavy atom. The molecule has 1 N–H and O–H groups in total. The lowest BCUT2D eigenvalue weighted by Gasteiger charge is -2.29. The minimum absolute atomic E-state index is 0.0159. The number of benzene rings is 2. The summed E-state index contributed by atoms with van der Waals surface area (Å²) >= 11 is 0. The normalized spacial score (nSPS) is 26.2. The summed E-state index contributed by atoms with van der Waals surface area (Å²) in [4.78, 5) is 12.5. The molecule has 2 bridgehead atoms. The van der Waals surface area contributed by atoms with Crippen molar-refractivity contribution in [2.24, 2.45) is 0 Å². The predicted molar refractivity (Wildman–Crippen MR) is 84.3 cm³/mol. The number of fused-ring (bicyclic) bond motifs is 3. The first kappa shape index (κ1) is 13.5. The maximum atomic E-state index is 12.5. The van der Waals surface area contributed by atoms with Crippen LogP contribution in [0.25, 0.3) is 0 Å². The molecule has 5 rings (SSSR count). The maximum Gasteiger partial charge on any atom is 0.229 e. The molecule has 22 heavy (non-hydrogen) atoms. The van der Waals surface area contributed by atoms with E-state index in [-0.39, 0.29) is 24.0 Å². The molecule has 3 heteroatoms. The molecule has 0 saturated carbocycles. The van der Waals surface area contributed by atoms with Gasteiger partial charge in [0.15, 0.2) is 0 Å². The Hall–Kier alpha value is -2.13. The van der Waals surface area contributed by atoms with Crippen molar-refractivity contribution >= 4 is 5.91 Å². The van der Waals surface area contributed by atoms with Crippen molar-refractivity contribution in [2.75, 3.05) is 0 Å². The molecule has 0 spiro atoms. The summed E-state index contributed by atoms with van der Waals surface area (Å²) in [5.74, 6) is 0.339. The van der Waals surface area contributed by atoms with Gasteiger partial charge >= 0.3 is 0 Å². The lowest BCUT2D eigenvalue weighted by molar-refractivity contribution is -0.126. The second kappa shape index (κ2) is 5.58. The number of rotatable bonds is 3. The molecule has 3 nitrogen and oxygen atoms in total. The third-order valence-electron chi connectivity index (χ3n) is 4.78. The molecule has 2 aromatic carbocycles. The Kier molecular flexibility index (Phi) is 3.43. The Labute approximate surface area is 130 Å². The van der Waals surface area contributed by atoms with Crippen LogP contribution in [0.2, 0.25) is 0 Å². The summed E-state index contributed by atoms with van der Waals surface area (Å²) in [6.45, 7) is 0.523. The molecule has 2 aromatic rings. The Morgan fingerprint density at radius 3 is 2.50 bits per heavy atom. The van der Waals surface area contributed by atoms with E-state index in [1.807, 2.05) is 36.4 Å². The highest BCUT2D eigenvalue weighted by atomic mass is 16.5. The topological polar surface area (TPSA) is 38.3 Å². The first-order valence-electron chi connectivity index (χ1n) is 7.87. The predicted octanol–water partition coefficient (Wildman–Crippen LogP) is 3.32. The molecular formula is C19H19NO2. The Morgan fingerprint density at radius 2 is 1.68 bits per heavy atom. The fourth-order valence-electron chi connectivity index (χ4n) is 3.67. The molecular weight excluding hydrogens is 274 g/mol. The van der Waals surface area contributed by atoms with Crippen LogP contribution in [0.4, 0.5) is 0 Å². The van der Waals surface area contributed by atoms with Crippen LogP contribution in [0.5, 0.6) is 0 Å². The number of hydrogen-bond donors (Lipinski definition) is 1. The second-order valence-electron chi connectivity index (χ2n) is 6.09. The van der Waals surface area contributed by atoms with Crippen molar-refractivity contribution < 1.29 is 9.53 Å². The first-order chi connectivity index (χ1) is 10.8. The fourth-order valence-corrected chi connectivity index (χ4v) is 3.67. The SMILES string of the molecule is O=C1N[C@H](OCc2ccccc2)[C@H]2CC[C@H]1c1ccccc12. The molecule has 0 unspecified atom stereocenters. The zero-order valence-electron chi connectivity index (χ0n) is 12.4. The summed E-state index contributed by atoms with van der Waals surface area (Å²) in [7, 11) is 0. The minimum Gasteiger partial charge on any atom is -0.353 e.